The zero-order chi connectivity index (χ0) is 13.0. The van der Waals surface area contributed by atoms with Crippen LogP contribution in [0, 0.1) is 6.92 Å². The average Bonchev–Trinajstić information content (AvgIpc) is 2.61. The number of aryl methyl sites for hydroxylation is 1. The second-order valence-corrected chi connectivity index (χ2v) is 5.24. The molecule has 1 saturated heterocycles. The number of amides is 1. The van der Waals surface area contributed by atoms with Gasteiger partial charge in [0.15, 0.2) is 0 Å². The number of hydrogen-bond donors (Lipinski definition) is 2. The van der Waals surface area contributed by atoms with Crippen LogP contribution < -0.4 is 10.6 Å². The molecule has 2 N–H and O–H groups in total. The molecule has 1 fully saturated rings. The third-order valence-corrected chi connectivity index (χ3v) is 3.56. The Kier molecular flexibility index (Phi) is 4.61. The minimum absolute atomic E-state index is 0.0577. The Balaban J connectivity index is 2.01. The summed E-state index contributed by atoms with van der Waals surface area (Å²) in [5.74, 6) is 0.0577. The smallest absolute Gasteiger partial charge is 0.241 e. The fourth-order valence-electron chi connectivity index (χ4n) is 2.24. The van der Waals surface area contributed by atoms with Gasteiger partial charge in [-0.25, -0.2) is 0 Å². The van der Waals surface area contributed by atoms with Crippen molar-refractivity contribution >= 4 is 23.2 Å². The predicted octanol–water partition coefficient (Wildman–Crippen LogP) is 3.12. The van der Waals surface area contributed by atoms with E-state index in [4.69, 9.17) is 11.6 Å². The number of hydrogen-bond acceptors (Lipinski definition) is 2. The number of benzene rings is 1. The summed E-state index contributed by atoms with van der Waals surface area (Å²) in [4.78, 5) is 12.2. The molecule has 0 aromatic heterocycles. The van der Waals surface area contributed by atoms with E-state index in [9.17, 15) is 4.79 Å². The van der Waals surface area contributed by atoms with E-state index in [1.54, 1.807) is 6.07 Å². The maximum Gasteiger partial charge on any atom is 0.241 e. The van der Waals surface area contributed by atoms with Crippen molar-refractivity contribution in [3.05, 3.63) is 28.8 Å². The van der Waals surface area contributed by atoms with Crippen molar-refractivity contribution < 1.29 is 4.79 Å². The first kappa shape index (κ1) is 13.4. The Morgan fingerprint density at radius 2 is 2.22 bits per heavy atom. The molecule has 1 aromatic carbocycles. The molecule has 1 heterocycles. The molecule has 1 unspecified atom stereocenters. The van der Waals surface area contributed by atoms with Gasteiger partial charge in [0.25, 0.3) is 0 Å². The van der Waals surface area contributed by atoms with Crippen LogP contribution in [0.1, 0.15) is 31.2 Å². The molecule has 0 bridgehead atoms. The third kappa shape index (κ3) is 3.47. The highest BCUT2D eigenvalue weighted by Gasteiger charge is 2.19. The molecule has 1 amide bonds. The second-order valence-electron chi connectivity index (χ2n) is 4.80. The van der Waals surface area contributed by atoms with Crippen LogP contribution in [0.2, 0.25) is 5.02 Å². The van der Waals surface area contributed by atoms with Gasteiger partial charge in [-0.2, -0.15) is 0 Å². The zero-order valence-electron chi connectivity index (χ0n) is 10.6. The summed E-state index contributed by atoms with van der Waals surface area (Å²) >= 11 is 5.90. The molecule has 0 radical (unpaired) electrons. The van der Waals surface area contributed by atoms with Crippen LogP contribution >= 0.6 is 11.6 Å². The lowest BCUT2D eigenvalue weighted by Gasteiger charge is -2.16. The van der Waals surface area contributed by atoms with Gasteiger partial charge < -0.3 is 10.6 Å². The number of rotatable bonds is 2. The van der Waals surface area contributed by atoms with Crippen LogP contribution in [-0.4, -0.2) is 18.5 Å². The van der Waals surface area contributed by atoms with E-state index in [1.165, 1.54) is 6.42 Å². The van der Waals surface area contributed by atoms with Gasteiger partial charge >= 0.3 is 0 Å². The average molecular weight is 267 g/mol. The van der Waals surface area contributed by atoms with Gasteiger partial charge in [-0.05, 0) is 50.1 Å². The molecule has 98 valence electrons. The maximum absolute atomic E-state index is 12.2. The van der Waals surface area contributed by atoms with Gasteiger partial charge in [-0.3, -0.25) is 4.79 Å². The molecule has 3 nitrogen and oxygen atoms in total. The van der Waals surface area contributed by atoms with Crippen LogP contribution in [0.3, 0.4) is 0 Å². The predicted molar refractivity (Wildman–Crippen MR) is 75.1 cm³/mol. The SMILES string of the molecule is Cc1cc(Cl)ccc1NC(=O)C1CCCCCN1. The molecule has 1 atom stereocenters. The Morgan fingerprint density at radius 3 is 3.00 bits per heavy atom. The quantitative estimate of drug-likeness (QED) is 0.864. The van der Waals surface area contributed by atoms with Crippen molar-refractivity contribution in [1.29, 1.82) is 0 Å². The second kappa shape index (κ2) is 6.21. The van der Waals surface area contributed by atoms with E-state index in [-0.39, 0.29) is 11.9 Å². The van der Waals surface area contributed by atoms with Gasteiger partial charge in [-0.15, -0.1) is 0 Å². The monoisotopic (exact) mass is 266 g/mol. The topological polar surface area (TPSA) is 41.1 Å². The molecular formula is C14H19ClN2O. The number of carbonyl (C=O) groups excluding carboxylic acids is 1. The summed E-state index contributed by atoms with van der Waals surface area (Å²) in [5, 5.41) is 6.96. The van der Waals surface area contributed by atoms with Crippen LogP contribution in [0.25, 0.3) is 0 Å². The van der Waals surface area contributed by atoms with Gasteiger partial charge in [0.1, 0.15) is 0 Å². The molecule has 1 aromatic rings. The molecule has 0 aliphatic carbocycles. The molecular weight excluding hydrogens is 248 g/mol. The van der Waals surface area contributed by atoms with Crippen molar-refractivity contribution in [3.8, 4) is 0 Å². The highest BCUT2D eigenvalue weighted by Crippen LogP contribution is 2.20. The largest absolute Gasteiger partial charge is 0.324 e. The molecule has 1 aliphatic rings. The molecule has 2 rings (SSSR count). The Hall–Kier alpha value is -1.06. The van der Waals surface area contributed by atoms with Crippen molar-refractivity contribution in [2.24, 2.45) is 0 Å². The lowest BCUT2D eigenvalue weighted by Crippen LogP contribution is -2.39. The number of nitrogens with one attached hydrogen (secondary N) is 2. The third-order valence-electron chi connectivity index (χ3n) is 3.32. The van der Waals surface area contributed by atoms with Crippen LogP contribution in [0.15, 0.2) is 18.2 Å². The van der Waals surface area contributed by atoms with E-state index in [0.29, 0.717) is 5.02 Å². The number of carbonyl (C=O) groups is 1. The summed E-state index contributed by atoms with van der Waals surface area (Å²) in [6, 6.07) is 5.44. The molecule has 1 aliphatic heterocycles. The van der Waals surface area contributed by atoms with Gasteiger partial charge in [0.2, 0.25) is 5.91 Å². The van der Waals surface area contributed by atoms with Gasteiger partial charge in [-0.1, -0.05) is 24.4 Å². The first-order valence-corrected chi connectivity index (χ1v) is 6.85. The highest BCUT2D eigenvalue weighted by molar-refractivity contribution is 6.30. The molecule has 0 spiro atoms. The summed E-state index contributed by atoms with van der Waals surface area (Å²) < 4.78 is 0. The molecule has 0 saturated carbocycles. The van der Waals surface area contributed by atoms with Crippen molar-refractivity contribution in [1.82, 2.24) is 5.32 Å². The van der Waals surface area contributed by atoms with Crippen molar-refractivity contribution in [2.75, 3.05) is 11.9 Å². The number of anilines is 1. The van der Waals surface area contributed by atoms with E-state index < -0.39 is 0 Å². The summed E-state index contributed by atoms with van der Waals surface area (Å²) in [6.07, 6.45) is 4.39. The number of halogens is 1. The summed E-state index contributed by atoms with van der Waals surface area (Å²) in [7, 11) is 0. The highest BCUT2D eigenvalue weighted by atomic mass is 35.5. The van der Waals surface area contributed by atoms with E-state index >= 15 is 0 Å². The lowest BCUT2D eigenvalue weighted by atomic mass is 10.1. The van der Waals surface area contributed by atoms with Crippen LogP contribution in [0.5, 0.6) is 0 Å². The Morgan fingerprint density at radius 1 is 1.39 bits per heavy atom. The van der Waals surface area contributed by atoms with Crippen molar-refractivity contribution in [3.63, 3.8) is 0 Å². The maximum atomic E-state index is 12.2. The fraction of sp³-hybridized carbons (Fsp3) is 0.500. The first-order chi connectivity index (χ1) is 8.66. The summed E-state index contributed by atoms with van der Waals surface area (Å²) in [5.41, 5.74) is 1.83. The van der Waals surface area contributed by atoms with Crippen molar-refractivity contribution in [2.45, 2.75) is 38.6 Å². The minimum Gasteiger partial charge on any atom is -0.324 e. The van der Waals surface area contributed by atoms with Crippen LogP contribution in [0.4, 0.5) is 5.69 Å². The van der Waals surface area contributed by atoms with E-state index in [0.717, 1.165) is 37.1 Å². The molecule has 4 heteroatoms. The van der Waals surface area contributed by atoms with Crippen LogP contribution in [-0.2, 0) is 4.79 Å². The molecule has 18 heavy (non-hydrogen) atoms. The first-order valence-electron chi connectivity index (χ1n) is 6.47. The fourth-order valence-corrected chi connectivity index (χ4v) is 2.47. The Labute approximate surface area is 113 Å². The summed E-state index contributed by atoms with van der Waals surface area (Å²) in [6.45, 7) is 2.87. The lowest BCUT2D eigenvalue weighted by molar-refractivity contribution is -0.118. The van der Waals surface area contributed by atoms with E-state index in [1.807, 2.05) is 19.1 Å². The van der Waals surface area contributed by atoms with E-state index in [2.05, 4.69) is 10.6 Å². The normalized spacial score (nSPS) is 20.2. The Bertz CT molecular complexity index is 426. The van der Waals surface area contributed by atoms with Gasteiger partial charge in [0.05, 0.1) is 6.04 Å². The van der Waals surface area contributed by atoms with Gasteiger partial charge in [0, 0.05) is 10.7 Å². The zero-order valence-corrected chi connectivity index (χ0v) is 11.4. The standard InChI is InChI=1S/C14H19ClN2O/c1-10-9-11(15)6-7-12(10)17-14(18)13-5-3-2-4-8-16-13/h6-7,9,13,16H,2-5,8H2,1H3,(H,17,18). The minimum atomic E-state index is -0.0671.